The number of aliphatic carboxylic acids is 1. The maximum atomic E-state index is 11.6. The van der Waals surface area contributed by atoms with E-state index in [1.165, 1.54) is 0 Å². The summed E-state index contributed by atoms with van der Waals surface area (Å²) in [7, 11) is 0. The Bertz CT molecular complexity index is 505. The molecule has 1 saturated heterocycles. The Morgan fingerprint density at radius 2 is 2.14 bits per heavy atom. The molecule has 1 aliphatic rings. The van der Waals surface area contributed by atoms with Gasteiger partial charge in [0.25, 0.3) is 0 Å². The lowest BCUT2D eigenvalue weighted by molar-refractivity contribution is -0.149. The second-order valence-corrected chi connectivity index (χ2v) is 4.88. The quantitative estimate of drug-likeness (QED) is 0.715. The Morgan fingerprint density at radius 1 is 1.33 bits per heavy atom. The molecule has 2 rings (SSSR count). The fourth-order valence-electron chi connectivity index (χ4n) is 1.99. The van der Waals surface area contributed by atoms with E-state index in [-0.39, 0.29) is 25.2 Å². The third-order valence-corrected chi connectivity index (χ3v) is 3.14. The molecule has 0 aromatic carbocycles. The molecule has 8 heteroatoms. The monoisotopic (exact) mass is 294 g/mol. The van der Waals surface area contributed by atoms with Gasteiger partial charge in [0.05, 0.1) is 30.2 Å². The number of carbonyl (C=O) groups is 2. The maximum Gasteiger partial charge on any atom is 0.332 e. The summed E-state index contributed by atoms with van der Waals surface area (Å²) < 4.78 is 5.28. The van der Waals surface area contributed by atoms with E-state index in [0.717, 1.165) is 5.69 Å². The molecule has 114 valence electrons. The maximum absolute atomic E-state index is 11.6. The molecular formula is C13H18N4O4. The number of nitrogens with one attached hydrogen (secondary N) is 2. The molecular weight excluding hydrogens is 276 g/mol. The van der Waals surface area contributed by atoms with Gasteiger partial charge in [0.1, 0.15) is 0 Å². The van der Waals surface area contributed by atoms with Crippen molar-refractivity contribution >= 4 is 12.0 Å². The highest BCUT2D eigenvalue weighted by Crippen LogP contribution is 2.19. The normalized spacial score (nSPS) is 21.0. The minimum Gasteiger partial charge on any atom is -0.479 e. The predicted octanol–water partition coefficient (Wildman–Crippen LogP) is 0.216. The van der Waals surface area contributed by atoms with Gasteiger partial charge < -0.3 is 20.5 Å². The van der Waals surface area contributed by atoms with Crippen LogP contribution in [0.4, 0.5) is 4.79 Å². The van der Waals surface area contributed by atoms with E-state index in [0.29, 0.717) is 18.5 Å². The number of aryl methyl sites for hydroxylation is 1. The SMILES string of the molecule is Cc1cnc(CNC(=O)NCC2CCC(C(=O)O)O2)cn1. The summed E-state index contributed by atoms with van der Waals surface area (Å²) in [4.78, 5) is 30.5. The van der Waals surface area contributed by atoms with Crippen LogP contribution in [0.25, 0.3) is 0 Å². The summed E-state index contributed by atoms with van der Waals surface area (Å²) in [5.41, 5.74) is 1.48. The molecule has 2 heterocycles. The second kappa shape index (κ2) is 6.98. The van der Waals surface area contributed by atoms with Crippen molar-refractivity contribution in [3.05, 3.63) is 23.8 Å². The van der Waals surface area contributed by atoms with Crippen molar-refractivity contribution in [3.8, 4) is 0 Å². The number of nitrogens with zero attached hydrogens (tertiary/aromatic N) is 2. The van der Waals surface area contributed by atoms with E-state index in [2.05, 4.69) is 20.6 Å². The lowest BCUT2D eigenvalue weighted by Gasteiger charge is -2.12. The van der Waals surface area contributed by atoms with E-state index in [1.807, 2.05) is 6.92 Å². The van der Waals surface area contributed by atoms with Crippen LogP contribution in [0.3, 0.4) is 0 Å². The van der Waals surface area contributed by atoms with Crippen molar-refractivity contribution in [3.63, 3.8) is 0 Å². The molecule has 3 N–H and O–H groups in total. The van der Waals surface area contributed by atoms with Crippen molar-refractivity contribution in [1.29, 1.82) is 0 Å². The van der Waals surface area contributed by atoms with Crippen LogP contribution in [0.1, 0.15) is 24.2 Å². The number of carboxylic acid groups (broad SMARTS) is 1. The van der Waals surface area contributed by atoms with Gasteiger partial charge >= 0.3 is 12.0 Å². The highest BCUT2D eigenvalue weighted by atomic mass is 16.5. The summed E-state index contributed by atoms with van der Waals surface area (Å²) in [6, 6.07) is -0.347. The van der Waals surface area contributed by atoms with Crippen molar-refractivity contribution in [2.45, 2.75) is 38.5 Å². The number of rotatable bonds is 5. The number of carboxylic acids is 1. The Morgan fingerprint density at radius 3 is 2.76 bits per heavy atom. The average molecular weight is 294 g/mol. The van der Waals surface area contributed by atoms with Crippen molar-refractivity contribution in [2.24, 2.45) is 0 Å². The van der Waals surface area contributed by atoms with Gasteiger partial charge in [-0.05, 0) is 19.8 Å². The summed E-state index contributed by atoms with van der Waals surface area (Å²) >= 11 is 0. The first-order valence-electron chi connectivity index (χ1n) is 6.72. The molecule has 1 aliphatic heterocycles. The number of urea groups is 1. The summed E-state index contributed by atoms with van der Waals surface area (Å²) in [5.74, 6) is -0.958. The van der Waals surface area contributed by atoms with Crippen LogP contribution in [0.2, 0.25) is 0 Å². The molecule has 1 fully saturated rings. The second-order valence-electron chi connectivity index (χ2n) is 4.88. The van der Waals surface area contributed by atoms with Gasteiger partial charge in [-0.3, -0.25) is 9.97 Å². The van der Waals surface area contributed by atoms with E-state index in [1.54, 1.807) is 12.4 Å². The minimum atomic E-state index is -0.958. The first-order chi connectivity index (χ1) is 10.0. The molecule has 1 aromatic heterocycles. The molecule has 0 spiro atoms. The number of hydrogen-bond acceptors (Lipinski definition) is 5. The highest BCUT2D eigenvalue weighted by Gasteiger charge is 2.30. The van der Waals surface area contributed by atoms with E-state index in [9.17, 15) is 9.59 Å². The van der Waals surface area contributed by atoms with Gasteiger partial charge in [0, 0.05) is 12.7 Å². The Balaban J connectivity index is 1.66. The lowest BCUT2D eigenvalue weighted by Crippen LogP contribution is -2.39. The van der Waals surface area contributed by atoms with Crippen molar-refractivity contribution in [2.75, 3.05) is 6.54 Å². The molecule has 8 nitrogen and oxygen atoms in total. The standard InChI is InChI=1S/C13H18N4O4/c1-8-4-15-9(5-14-8)6-16-13(20)17-7-10-2-3-11(21-10)12(18)19/h4-5,10-11H,2-3,6-7H2,1H3,(H,18,19)(H2,16,17,20). The van der Waals surface area contributed by atoms with E-state index >= 15 is 0 Å². The third-order valence-electron chi connectivity index (χ3n) is 3.14. The zero-order valence-electron chi connectivity index (χ0n) is 11.7. The largest absolute Gasteiger partial charge is 0.479 e. The number of aromatic nitrogens is 2. The summed E-state index contributed by atoms with van der Waals surface area (Å²) in [6.07, 6.45) is 3.32. The van der Waals surface area contributed by atoms with Crippen molar-refractivity contribution < 1.29 is 19.4 Å². The van der Waals surface area contributed by atoms with Crippen LogP contribution in [0, 0.1) is 6.92 Å². The minimum absolute atomic E-state index is 0.254. The van der Waals surface area contributed by atoms with Crippen LogP contribution in [-0.2, 0) is 16.1 Å². The van der Waals surface area contributed by atoms with Crippen LogP contribution in [0.15, 0.2) is 12.4 Å². The van der Waals surface area contributed by atoms with Gasteiger partial charge in [0.15, 0.2) is 6.10 Å². The fraction of sp³-hybridized carbons (Fsp3) is 0.538. The van der Waals surface area contributed by atoms with Gasteiger partial charge in [0.2, 0.25) is 0 Å². The zero-order chi connectivity index (χ0) is 15.2. The van der Waals surface area contributed by atoms with Crippen LogP contribution in [0.5, 0.6) is 0 Å². The molecule has 2 unspecified atom stereocenters. The smallest absolute Gasteiger partial charge is 0.332 e. The number of hydrogen-bond donors (Lipinski definition) is 3. The molecule has 21 heavy (non-hydrogen) atoms. The molecule has 0 bridgehead atoms. The third kappa shape index (κ3) is 4.67. The predicted molar refractivity (Wildman–Crippen MR) is 72.5 cm³/mol. The van der Waals surface area contributed by atoms with Gasteiger partial charge in [-0.25, -0.2) is 9.59 Å². The Kier molecular flexibility index (Phi) is 5.04. The highest BCUT2D eigenvalue weighted by molar-refractivity contribution is 5.74. The molecule has 2 atom stereocenters. The number of ether oxygens (including phenoxy) is 1. The summed E-state index contributed by atoms with van der Waals surface area (Å²) in [5, 5.41) is 14.1. The Labute approximate surface area is 121 Å². The number of carbonyl (C=O) groups excluding carboxylic acids is 1. The van der Waals surface area contributed by atoms with Gasteiger partial charge in [-0.2, -0.15) is 0 Å². The topological polar surface area (TPSA) is 113 Å². The van der Waals surface area contributed by atoms with Gasteiger partial charge in [-0.1, -0.05) is 0 Å². The zero-order valence-corrected chi connectivity index (χ0v) is 11.7. The average Bonchev–Trinajstić information content (AvgIpc) is 2.93. The Hall–Kier alpha value is -2.22. The molecule has 0 saturated carbocycles. The van der Waals surface area contributed by atoms with Crippen LogP contribution < -0.4 is 10.6 Å². The fourth-order valence-corrected chi connectivity index (χ4v) is 1.99. The molecule has 2 amide bonds. The lowest BCUT2D eigenvalue weighted by atomic mass is 10.2. The van der Waals surface area contributed by atoms with Crippen LogP contribution in [-0.4, -0.2) is 45.8 Å². The van der Waals surface area contributed by atoms with E-state index in [4.69, 9.17) is 9.84 Å². The number of amides is 2. The molecule has 0 aliphatic carbocycles. The van der Waals surface area contributed by atoms with Crippen molar-refractivity contribution in [1.82, 2.24) is 20.6 Å². The first kappa shape index (κ1) is 15.2. The first-order valence-corrected chi connectivity index (χ1v) is 6.72. The molecule has 1 aromatic rings. The van der Waals surface area contributed by atoms with Crippen LogP contribution >= 0.6 is 0 Å². The van der Waals surface area contributed by atoms with Gasteiger partial charge in [-0.15, -0.1) is 0 Å². The molecule has 0 radical (unpaired) electrons. The summed E-state index contributed by atoms with van der Waals surface area (Å²) in [6.45, 7) is 2.40. The van der Waals surface area contributed by atoms with E-state index < -0.39 is 12.1 Å².